The molecule has 2 aromatic rings. The number of methoxy groups -OCH3 is 2. The van der Waals surface area contributed by atoms with E-state index in [9.17, 15) is 4.79 Å². The Kier molecular flexibility index (Phi) is 4.49. The van der Waals surface area contributed by atoms with Gasteiger partial charge in [0.25, 0.3) is 0 Å². The molecule has 0 aliphatic heterocycles. The number of benzene rings is 2. The number of ketones is 1. The zero-order valence-electron chi connectivity index (χ0n) is 11.1. The summed E-state index contributed by atoms with van der Waals surface area (Å²) in [5, 5.41) is 0. The topological polar surface area (TPSA) is 61.5 Å². The number of carbonyl (C=O) groups is 1. The van der Waals surface area contributed by atoms with Gasteiger partial charge in [0.15, 0.2) is 5.78 Å². The molecule has 2 N–H and O–H groups in total. The van der Waals surface area contributed by atoms with Gasteiger partial charge >= 0.3 is 0 Å². The van der Waals surface area contributed by atoms with Gasteiger partial charge < -0.3 is 15.2 Å². The van der Waals surface area contributed by atoms with E-state index in [1.165, 1.54) is 7.11 Å². The van der Waals surface area contributed by atoms with Gasteiger partial charge in [-0.05, 0) is 59.0 Å². The van der Waals surface area contributed by atoms with Crippen molar-refractivity contribution >= 4 is 34.1 Å². The number of ether oxygens (including phenoxy) is 2. The highest BCUT2D eigenvalue weighted by atomic mass is 127. The summed E-state index contributed by atoms with van der Waals surface area (Å²) in [6.45, 7) is 0. The van der Waals surface area contributed by atoms with Crippen LogP contribution in [-0.2, 0) is 0 Å². The highest BCUT2D eigenvalue weighted by molar-refractivity contribution is 14.1. The van der Waals surface area contributed by atoms with Crippen LogP contribution >= 0.6 is 22.6 Å². The number of rotatable bonds is 4. The number of nitrogen functional groups attached to an aromatic ring is 1. The van der Waals surface area contributed by atoms with Crippen LogP contribution in [0.25, 0.3) is 0 Å². The molecule has 0 aromatic heterocycles. The molecule has 0 heterocycles. The third kappa shape index (κ3) is 2.87. The molecule has 2 aromatic carbocycles. The lowest BCUT2D eigenvalue weighted by Crippen LogP contribution is -2.08. The third-order valence-electron chi connectivity index (χ3n) is 2.91. The number of halogens is 1. The van der Waals surface area contributed by atoms with Gasteiger partial charge in [-0.1, -0.05) is 0 Å². The van der Waals surface area contributed by atoms with Crippen molar-refractivity contribution < 1.29 is 14.3 Å². The molecule has 0 atom stereocenters. The summed E-state index contributed by atoms with van der Waals surface area (Å²) in [5.41, 5.74) is 7.20. The van der Waals surface area contributed by atoms with Gasteiger partial charge in [-0.15, -0.1) is 0 Å². The predicted molar refractivity (Wildman–Crippen MR) is 86.5 cm³/mol. The second kappa shape index (κ2) is 6.13. The Hall–Kier alpha value is -1.76. The Morgan fingerprint density at radius 2 is 1.80 bits per heavy atom. The molecular formula is C15H14INO3. The van der Waals surface area contributed by atoms with Crippen molar-refractivity contribution in [2.75, 3.05) is 20.0 Å². The molecule has 2 rings (SSSR count). The van der Waals surface area contributed by atoms with Gasteiger partial charge in [0.05, 0.1) is 19.8 Å². The predicted octanol–water partition coefficient (Wildman–Crippen LogP) is 3.12. The summed E-state index contributed by atoms with van der Waals surface area (Å²) >= 11 is 2.15. The average Bonchev–Trinajstić information content (AvgIpc) is 2.47. The number of nitrogens with two attached hydrogens (primary N) is 1. The van der Waals surface area contributed by atoms with E-state index in [0.717, 1.165) is 3.57 Å². The molecular weight excluding hydrogens is 369 g/mol. The van der Waals surface area contributed by atoms with Crippen molar-refractivity contribution in [3.8, 4) is 11.5 Å². The quantitative estimate of drug-likeness (QED) is 0.501. The lowest BCUT2D eigenvalue weighted by Gasteiger charge is -2.11. The van der Waals surface area contributed by atoms with Crippen LogP contribution in [0, 0.1) is 3.57 Å². The molecule has 20 heavy (non-hydrogen) atoms. The highest BCUT2D eigenvalue weighted by Crippen LogP contribution is 2.28. The fourth-order valence-corrected chi connectivity index (χ4v) is 2.35. The summed E-state index contributed by atoms with van der Waals surface area (Å²) in [4.78, 5) is 12.6. The third-order valence-corrected chi connectivity index (χ3v) is 3.58. The molecule has 0 aliphatic rings. The van der Waals surface area contributed by atoms with Crippen molar-refractivity contribution in [1.29, 1.82) is 0 Å². The first-order valence-electron chi connectivity index (χ1n) is 5.88. The Morgan fingerprint density at radius 3 is 2.45 bits per heavy atom. The summed E-state index contributed by atoms with van der Waals surface area (Å²) in [6.07, 6.45) is 0. The van der Waals surface area contributed by atoms with Crippen LogP contribution in [0.15, 0.2) is 36.4 Å². The Bertz CT molecular complexity index is 656. The lowest BCUT2D eigenvalue weighted by atomic mass is 10.0. The maximum atomic E-state index is 12.6. The molecule has 0 saturated carbocycles. The normalized spacial score (nSPS) is 10.2. The Morgan fingerprint density at radius 1 is 1.05 bits per heavy atom. The van der Waals surface area contributed by atoms with Gasteiger partial charge in [0.2, 0.25) is 0 Å². The molecule has 0 unspecified atom stereocenters. The summed E-state index contributed by atoms with van der Waals surface area (Å²) < 4.78 is 11.3. The second-order valence-corrected chi connectivity index (χ2v) is 5.37. The number of hydrogen-bond donors (Lipinski definition) is 1. The number of hydrogen-bond acceptors (Lipinski definition) is 4. The minimum atomic E-state index is -0.184. The molecule has 0 saturated heterocycles. The molecule has 0 spiro atoms. The maximum absolute atomic E-state index is 12.6. The van der Waals surface area contributed by atoms with Crippen LogP contribution in [0.2, 0.25) is 0 Å². The molecule has 4 nitrogen and oxygen atoms in total. The van der Waals surface area contributed by atoms with E-state index < -0.39 is 0 Å². The van der Waals surface area contributed by atoms with Crippen LogP contribution in [-0.4, -0.2) is 20.0 Å². The van der Waals surface area contributed by atoms with Crippen molar-refractivity contribution in [3.63, 3.8) is 0 Å². The maximum Gasteiger partial charge on any atom is 0.198 e. The standard InChI is InChI=1S/C15H14INO3/c1-19-10-4-5-13(17)11(8-10)15(18)12-7-9(16)3-6-14(12)20-2/h3-8H,17H2,1-2H3. The zero-order valence-corrected chi connectivity index (χ0v) is 13.3. The first kappa shape index (κ1) is 14.6. The molecule has 0 bridgehead atoms. The average molecular weight is 383 g/mol. The van der Waals surface area contributed by atoms with Gasteiger partial charge in [-0.3, -0.25) is 4.79 Å². The smallest absolute Gasteiger partial charge is 0.198 e. The largest absolute Gasteiger partial charge is 0.497 e. The van der Waals surface area contributed by atoms with Gasteiger partial charge in [0, 0.05) is 14.8 Å². The highest BCUT2D eigenvalue weighted by Gasteiger charge is 2.18. The van der Waals surface area contributed by atoms with Crippen LogP contribution in [0.4, 0.5) is 5.69 Å². The fraction of sp³-hybridized carbons (Fsp3) is 0.133. The van der Waals surface area contributed by atoms with Crippen LogP contribution in [0.5, 0.6) is 11.5 Å². The number of anilines is 1. The van der Waals surface area contributed by atoms with Gasteiger partial charge in [-0.2, -0.15) is 0 Å². The molecule has 0 aliphatic carbocycles. The molecule has 0 radical (unpaired) electrons. The van der Waals surface area contributed by atoms with Crippen molar-refractivity contribution in [2.24, 2.45) is 0 Å². The Labute approximate surface area is 131 Å². The van der Waals surface area contributed by atoms with Gasteiger partial charge in [-0.25, -0.2) is 0 Å². The van der Waals surface area contributed by atoms with E-state index in [1.807, 2.05) is 6.07 Å². The van der Waals surface area contributed by atoms with E-state index in [-0.39, 0.29) is 5.78 Å². The fourth-order valence-electron chi connectivity index (χ4n) is 1.86. The van der Waals surface area contributed by atoms with E-state index in [2.05, 4.69) is 22.6 Å². The van der Waals surface area contributed by atoms with E-state index >= 15 is 0 Å². The first-order chi connectivity index (χ1) is 9.56. The minimum Gasteiger partial charge on any atom is -0.497 e. The Balaban J connectivity index is 2.53. The SMILES string of the molecule is COc1ccc(N)c(C(=O)c2cc(I)ccc2OC)c1. The molecule has 0 fully saturated rings. The van der Waals surface area contributed by atoms with Crippen LogP contribution in [0.3, 0.4) is 0 Å². The summed E-state index contributed by atoms with van der Waals surface area (Å²) in [7, 11) is 3.08. The van der Waals surface area contributed by atoms with E-state index in [0.29, 0.717) is 28.3 Å². The number of carbonyl (C=O) groups excluding carboxylic acids is 1. The summed E-state index contributed by atoms with van der Waals surface area (Å²) in [5.74, 6) is 0.932. The minimum absolute atomic E-state index is 0.184. The molecule has 104 valence electrons. The van der Waals surface area contributed by atoms with E-state index in [4.69, 9.17) is 15.2 Å². The summed E-state index contributed by atoms with van der Waals surface area (Å²) in [6, 6.07) is 10.4. The van der Waals surface area contributed by atoms with Crippen molar-refractivity contribution in [3.05, 3.63) is 51.1 Å². The monoisotopic (exact) mass is 383 g/mol. The molecule has 5 heteroatoms. The van der Waals surface area contributed by atoms with Crippen LogP contribution in [0.1, 0.15) is 15.9 Å². The zero-order chi connectivity index (χ0) is 14.7. The van der Waals surface area contributed by atoms with Crippen LogP contribution < -0.4 is 15.2 Å². The first-order valence-corrected chi connectivity index (χ1v) is 6.96. The molecule has 0 amide bonds. The second-order valence-electron chi connectivity index (χ2n) is 4.13. The van der Waals surface area contributed by atoms with Crippen molar-refractivity contribution in [1.82, 2.24) is 0 Å². The van der Waals surface area contributed by atoms with Crippen molar-refractivity contribution in [2.45, 2.75) is 0 Å². The van der Waals surface area contributed by atoms with Gasteiger partial charge in [0.1, 0.15) is 11.5 Å². The van der Waals surface area contributed by atoms with E-state index in [1.54, 1.807) is 37.4 Å². The lowest BCUT2D eigenvalue weighted by molar-refractivity contribution is 0.103.